The van der Waals surface area contributed by atoms with Crippen LogP contribution in [0.5, 0.6) is 0 Å². The zero-order valence-electron chi connectivity index (χ0n) is 15.0. The van der Waals surface area contributed by atoms with Crippen molar-refractivity contribution in [3.8, 4) is 0 Å². The van der Waals surface area contributed by atoms with E-state index in [-0.39, 0.29) is 12.4 Å². The highest BCUT2D eigenvalue weighted by molar-refractivity contribution is 5.85. The highest BCUT2D eigenvalue weighted by Gasteiger charge is 2.41. The Bertz CT molecular complexity index is 605. The molecule has 4 atom stereocenters. The van der Waals surface area contributed by atoms with Crippen molar-refractivity contribution in [3.63, 3.8) is 0 Å². The number of hydrogen-bond acceptors (Lipinski definition) is 2. The molecule has 4 heteroatoms. The average molecular weight is 363 g/mol. The Kier molecular flexibility index (Phi) is 5.93. The Morgan fingerprint density at radius 1 is 1.16 bits per heavy atom. The van der Waals surface area contributed by atoms with Crippen molar-refractivity contribution in [3.05, 3.63) is 29.8 Å². The smallest absolute Gasteiger partial charge is 0.223 e. The first kappa shape index (κ1) is 18.6. The van der Waals surface area contributed by atoms with Crippen molar-refractivity contribution < 1.29 is 4.79 Å². The maximum atomic E-state index is 12.8. The van der Waals surface area contributed by atoms with E-state index in [1.54, 1.807) is 0 Å². The molecule has 2 aliphatic carbocycles. The number of rotatable bonds is 5. The van der Waals surface area contributed by atoms with Crippen LogP contribution in [0.2, 0.25) is 0 Å². The van der Waals surface area contributed by atoms with Crippen LogP contribution in [-0.2, 0) is 11.2 Å². The molecule has 0 spiro atoms. The molecular formula is C21H31ClN2O. The van der Waals surface area contributed by atoms with Gasteiger partial charge in [0, 0.05) is 24.7 Å². The van der Waals surface area contributed by atoms with E-state index < -0.39 is 0 Å². The quantitative estimate of drug-likeness (QED) is 0.787. The second kappa shape index (κ2) is 7.99. The van der Waals surface area contributed by atoms with E-state index in [0.29, 0.717) is 18.4 Å². The molecule has 2 bridgehead atoms. The molecule has 1 aromatic rings. The third kappa shape index (κ3) is 3.97. The molecular weight excluding hydrogens is 332 g/mol. The van der Waals surface area contributed by atoms with Gasteiger partial charge in [-0.3, -0.25) is 4.79 Å². The van der Waals surface area contributed by atoms with Crippen LogP contribution in [0.4, 0.5) is 5.69 Å². The summed E-state index contributed by atoms with van der Waals surface area (Å²) in [4.78, 5) is 15.0. The summed E-state index contributed by atoms with van der Waals surface area (Å²) in [7, 11) is 0. The number of nitrogens with two attached hydrogens (primary N) is 1. The lowest BCUT2D eigenvalue weighted by Crippen LogP contribution is -2.37. The van der Waals surface area contributed by atoms with Crippen LogP contribution < -0.4 is 5.73 Å². The summed E-state index contributed by atoms with van der Waals surface area (Å²) in [6.07, 6.45) is 10.8. The van der Waals surface area contributed by atoms with Crippen molar-refractivity contribution in [2.45, 2.75) is 63.8 Å². The normalized spacial score (nSPS) is 30.5. The molecule has 3 fully saturated rings. The van der Waals surface area contributed by atoms with Crippen LogP contribution in [0, 0.1) is 17.8 Å². The number of para-hydroxylation sites is 1. The summed E-state index contributed by atoms with van der Waals surface area (Å²) in [6.45, 7) is 0.967. The third-order valence-corrected chi connectivity index (χ3v) is 6.82. The van der Waals surface area contributed by atoms with E-state index >= 15 is 0 Å². The number of nitrogen functional groups attached to an aromatic ring is 1. The van der Waals surface area contributed by atoms with Crippen LogP contribution >= 0.6 is 12.4 Å². The Morgan fingerprint density at radius 2 is 2.00 bits per heavy atom. The van der Waals surface area contributed by atoms with Crippen molar-refractivity contribution in [2.24, 2.45) is 17.8 Å². The molecule has 138 valence electrons. The van der Waals surface area contributed by atoms with Crippen LogP contribution in [0.1, 0.15) is 56.9 Å². The predicted octanol–water partition coefficient (Wildman–Crippen LogP) is 4.44. The van der Waals surface area contributed by atoms with Crippen LogP contribution in [0.25, 0.3) is 0 Å². The number of hydrogen-bond donors (Lipinski definition) is 1. The number of aryl methyl sites for hydroxylation is 1. The van der Waals surface area contributed by atoms with E-state index in [4.69, 9.17) is 5.73 Å². The van der Waals surface area contributed by atoms with Crippen molar-refractivity contribution in [1.29, 1.82) is 0 Å². The monoisotopic (exact) mass is 362 g/mol. The van der Waals surface area contributed by atoms with E-state index in [2.05, 4.69) is 4.90 Å². The van der Waals surface area contributed by atoms with Gasteiger partial charge in [0.2, 0.25) is 5.91 Å². The first-order chi connectivity index (χ1) is 11.7. The van der Waals surface area contributed by atoms with Gasteiger partial charge in [-0.2, -0.15) is 0 Å². The van der Waals surface area contributed by atoms with Gasteiger partial charge in [0.15, 0.2) is 0 Å². The summed E-state index contributed by atoms with van der Waals surface area (Å²) in [5, 5.41) is 0. The standard InChI is InChI=1S/C21H30N2O.ClH/c22-20-6-2-1-4-16(20)9-10-21(24)23-11-3-5-19(23)14-18-13-15-7-8-17(18)12-15;/h1-2,4,6,15,17-19H,3,5,7-14,22H2;1H. The molecule has 1 aliphatic heterocycles. The number of benzene rings is 1. The lowest BCUT2D eigenvalue weighted by atomic mass is 9.83. The zero-order chi connectivity index (χ0) is 16.5. The van der Waals surface area contributed by atoms with Crippen LogP contribution in [0.3, 0.4) is 0 Å². The predicted molar refractivity (Wildman–Crippen MR) is 105 cm³/mol. The van der Waals surface area contributed by atoms with E-state index in [1.165, 1.54) is 44.9 Å². The molecule has 0 aromatic heterocycles. The lowest BCUT2D eigenvalue weighted by molar-refractivity contribution is -0.132. The fraction of sp³-hybridized carbons (Fsp3) is 0.667. The highest BCUT2D eigenvalue weighted by atomic mass is 35.5. The number of likely N-dealkylation sites (tertiary alicyclic amines) is 1. The molecule has 2 saturated carbocycles. The molecule has 25 heavy (non-hydrogen) atoms. The number of anilines is 1. The minimum absolute atomic E-state index is 0. The Balaban J connectivity index is 0.00000182. The van der Waals surface area contributed by atoms with Gasteiger partial charge in [-0.15, -0.1) is 12.4 Å². The van der Waals surface area contributed by atoms with E-state index in [1.807, 2.05) is 24.3 Å². The van der Waals surface area contributed by atoms with Gasteiger partial charge in [0.05, 0.1) is 0 Å². The van der Waals surface area contributed by atoms with Gasteiger partial charge in [0.1, 0.15) is 0 Å². The number of nitrogens with zero attached hydrogens (tertiary/aromatic N) is 1. The van der Waals surface area contributed by atoms with Crippen molar-refractivity contribution in [1.82, 2.24) is 4.90 Å². The minimum Gasteiger partial charge on any atom is -0.399 e. The van der Waals surface area contributed by atoms with Gasteiger partial charge < -0.3 is 10.6 Å². The molecule has 4 rings (SSSR count). The number of carbonyl (C=O) groups is 1. The molecule has 1 aromatic carbocycles. The van der Waals surface area contributed by atoms with Gasteiger partial charge in [-0.25, -0.2) is 0 Å². The van der Waals surface area contributed by atoms with E-state index in [0.717, 1.165) is 42.0 Å². The molecule has 3 nitrogen and oxygen atoms in total. The van der Waals surface area contributed by atoms with Crippen molar-refractivity contribution in [2.75, 3.05) is 12.3 Å². The fourth-order valence-electron chi connectivity index (χ4n) is 5.57. The second-order valence-electron chi connectivity index (χ2n) is 8.25. The first-order valence-corrected chi connectivity index (χ1v) is 9.83. The Hall–Kier alpha value is -1.22. The van der Waals surface area contributed by atoms with Gasteiger partial charge in [0.25, 0.3) is 0 Å². The first-order valence-electron chi connectivity index (χ1n) is 9.83. The second-order valence-corrected chi connectivity index (χ2v) is 8.25. The fourth-order valence-corrected chi connectivity index (χ4v) is 5.57. The summed E-state index contributed by atoms with van der Waals surface area (Å²) >= 11 is 0. The SMILES string of the molecule is Cl.Nc1ccccc1CCC(=O)N1CCCC1CC1CC2CCC1C2. The number of amides is 1. The van der Waals surface area contributed by atoms with Crippen LogP contribution in [0.15, 0.2) is 24.3 Å². The van der Waals surface area contributed by atoms with Gasteiger partial charge in [-0.1, -0.05) is 24.6 Å². The Morgan fingerprint density at radius 3 is 2.72 bits per heavy atom. The molecule has 1 saturated heterocycles. The third-order valence-electron chi connectivity index (χ3n) is 6.82. The van der Waals surface area contributed by atoms with Gasteiger partial charge in [-0.05, 0) is 74.3 Å². The summed E-state index contributed by atoms with van der Waals surface area (Å²) in [6, 6.07) is 8.43. The maximum absolute atomic E-state index is 12.8. The topological polar surface area (TPSA) is 46.3 Å². The number of halogens is 1. The molecule has 4 unspecified atom stereocenters. The zero-order valence-corrected chi connectivity index (χ0v) is 15.8. The molecule has 0 radical (unpaired) electrons. The summed E-state index contributed by atoms with van der Waals surface area (Å²) < 4.78 is 0. The molecule has 1 heterocycles. The average Bonchev–Trinajstić information content (AvgIpc) is 3.30. The highest BCUT2D eigenvalue weighted by Crippen LogP contribution is 2.50. The van der Waals surface area contributed by atoms with Crippen molar-refractivity contribution >= 4 is 24.0 Å². The molecule has 3 aliphatic rings. The largest absolute Gasteiger partial charge is 0.399 e. The summed E-state index contributed by atoms with van der Waals surface area (Å²) in [5.74, 6) is 3.21. The minimum atomic E-state index is 0. The molecule has 2 N–H and O–H groups in total. The number of fused-ring (bicyclic) bond motifs is 2. The van der Waals surface area contributed by atoms with Gasteiger partial charge >= 0.3 is 0 Å². The van der Waals surface area contributed by atoms with E-state index in [9.17, 15) is 4.79 Å². The van der Waals surface area contributed by atoms with Crippen LogP contribution in [-0.4, -0.2) is 23.4 Å². The number of carbonyl (C=O) groups excluding carboxylic acids is 1. The maximum Gasteiger partial charge on any atom is 0.223 e. The molecule has 1 amide bonds. The Labute approximate surface area is 157 Å². The lowest BCUT2D eigenvalue weighted by Gasteiger charge is -2.30. The summed E-state index contributed by atoms with van der Waals surface area (Å²) in [5.41, 5.74) is 7.92.